The number of likely N-dealkylation sites (N-methyl/N-ethyl adjacent to an activating group) is 1. The average Bonchev–Trinajstić information content (AvgIpc) is 1.66. The van der Waals surface area contributed by atoms with Crippen LogP contribution in [0.5, 0.6) is 11.5 Å². The number of aldehydes is 2. The third kappa shape index (κ3) is 19.2. The standard InChI is InChI=1S/C61H86Br2ClN9O16/c1-34(2)51(68-40(30-74)17-12-13-23-67-60(31-62,32-63)33-75)54(78)70-42(18-15-22-66-57(65)81)53(77)69-39-20-21-41(44(27-39)84-9)55(79)72(7)37(5)56(80)88-48-28-49(76)73(8)43-25-38(26-45(85-10)50(43)64)24-35(3)16-14-19-47(86-11)61(83)29-46(87-58(82)71-61)36(4)52-59(48,6)89-52/h14,16,19-21,25-27,30,33-34,36-37,40,42,46-48,51-52,67-68,83H,12-13,15,17-18,22-24,28-29,31-32H2,1-11H3,(H,69,77)(H,70,78)(H,71,82)(H3,65,66,81)/b19-14+,35-16+/t36-,37+,40?,42+,46+,47-,48+,51+,52+,59+,61+/m1/s1. The van der Waals surface area contributed by atoms with Crippen LogP contribution in [0.2, 0.25) is 5.02 Å². The number of allylic oxidation sites excluding steroid dienone is 3. The molecule has 4 bridgehead atoms. The second kappa shape index (κ2) is 33.2. The van der Waals surface area contributed by atoms with Gasteiger partial charge in [-0.3, -0.25) is 29.8 Å². The first-order valence-electron chi connectivity index (χ1n) is 29.3. The van der Waals surface area contributed by atoms with Crippen LogP contribution < -0.4 is 52.0 Å². The van der Waals surface area contributed by atoms with Gasteiger partial charge in [0.05, 0.1) is 55.6 Å². The van der Waals surface area contributed by atoms with Crippen LogP contribution in [0.3, 0.4) is 0 Å². The third-order valence-electron chi connectivity index (χ3n) is 16.4. The number of rotatable bonds is 28. The predicted octanol–water partition coefficient (Wildman–Crippen LogP) is 5.38. The molecule has 492 valence electrons. The lowest BCUT2D eigenvalue weighted by molar-refractivity contribution is -0.158. The molecule has 3 heterocycles. The Balaban J connectivity index is 1.36. The Morgan fingerprint density at radius 1 is 1.00 bits per heavy atom. The normalized spacial score (nSPS) is 24.3. The second-order valence-electron chi connectivity index (χ2n) is 23.3. The number of urea groups is 1. The number of carbonyl (C=O) groups excluding carboxylic acids is 9. The zero-order chi connectivity index (χ0) is 66.1. The lowest BCUT2D eigenvalue weighted by Gasteiger charge is -2.42. The lowest BCUT2D eigenvalue weighted by atomic mass is 9.83. The van der Waals surface area contributed by atoms with Gasteiger partial charge < -0.3 is 79.9 Å². The van der Waals surface area contributed by atoms with Crippen molar-refractivity contribution in [2.75, 3.05) is 69.4 Å². The molecule has 5 rings (SSSR count). The number of aliphatic hydroxyl groups is 1. The number of unbranched alkanes of at least 4 members (excludes halogenated alkanes) is 1. The molecule has 89 heavy (non-hydrogen) atoms. The molecular weight excluding hydrogens is 1310 g/mol. The fourth-order valence-corrected chi connectivity index (χ4v) is 12.5. The van der Waals surface area contributed by atoms with Crippen molar-refractivity contribution in [2.45, 2.75) is 158 Å². The topological polar surface area (TPSA) is 337 Å². The van der Waals surface area contributed by atoms with Gasteiger partial charge in [-0.25, -0.2) is 14.4 Å². The summed E-state index contributed by atoms with van der Waals surface area (Å²) in [6.45, 7) is 10.9. The number of carbonyl (C=O) groups is 9. The van der Waals surface area contributed by atoms with Crippen LogP contribution in [0.1, 0.15) is 102 Å². The SMILES string of the molecule is COc1cc(NC(=O)[C@H](CCCNC(N)=O)NC(=O)[C@@H](NC(C=O)CCCCNC(C=O)(CBr)CBr)C(C)C)ccc1C(=O)N(C)[C@@H](C)C(=O)O[C@H]1CC(=O)N(C)c2cc(cc(OC)c2Cl)C/C(C)=C/C=C/[C@@H](OC)[C@@]2(O)C[C@H](OC(=O)N2)[C@@H](C)[C@@H]2O[C@@]12C. The van der Waals surface area contributed by atoms with Gasteiger partial charge in [-0.1, -0.05) is 94.5 Å². The number of fused-ring (bicyclic) bond motifs is 5. The lowest BCUT2D eigenvalue weighted by Crippen LogP contribution is -2.63. The number of amides is 7. The molecule has 25 nitrogen and oxygen atoms in total. The summed E-state index contributed by atoms with van der Waals surface area (Å²) < 4.78 is 35.3. The number of nitrogens with one attached hydrogen (secondary N) is 6. The Morgan fingerprint density at radius 2 is 1.70 bits per heavy atom. The van der Waals surface area contributed by atoms with E-state index in [0.29, 0.717) is 54.3 Å². The first kappa shape index (κ1) is 73.5. The summed E-state index contributed by atoms with van der Waals surface area (Å²) in [5, 5.41) is 29.8. The summed E-state index contributed by atoms with van der Waals surface area (Å²) in [7, 11) is 7.05. The summed E-state index contributed by atoms with van der Waals surface area (Å²) >= 11 is 13.6. The first-order valence-corrected chi connectivity index (χ1v) is 31.9. The maximum Gasteiger partial charge on any atom is 0.409 e. The Hall–Kier alpha value is -6.20. The predicted molar refractivity (Wildman–Crippen MR) is 341 cm³/mol. The smallest absolute Gasteiger partial charge is 0.409 e. The molecule has 2 aromatic rings. The summed E-state index contributed by atoms with van der Waals surface area (Å²) in [5.74, 6) is -4.07. The van der Waals surface area contributed by atoms with Crippen LogP contribution in [0.25, 0.3) is 0 Å². The minimum atomic E-state index is -1.92. The molecule has 0 aromatic heterocycles. The highest BCUT2D eigenvalue weighted by atomic mass is 79.9. The number of methoxy groups -OCH3 is 3. The van der Waals surface area contributed by atoms with Crippen molar-refractivity contribution in [2.24, 2.45) is 17.6 Å². The van der Waals surface area contributed by atoms with Gasteiger partial charge in [0.15, 0.2) is 5.72 Å². The van der Waals surface area contributed by atoms with E-state index in [-0.39, 0.29) is 53.7 Å². The van der Waals surface area contributed by atoms with Gasteiger partial charge in [0.2, 0.25) is 17.7 Å². The van der Waals surface area contributed by atoms with E-state index < -0.39 is 120 Å². The largest absolute Gasteiger partial charge is 0.496 e. The molecule has 11 atom stereocenters. The van der Waals surface area contributed by atoms with E-state index in [0.717, 1.165) is 28.6 Å². The molecule has 0 aliphatic carbocycles. The van der Waals surface area contributed by atoms with Crippen molar-refractivity contribution in [3.8, 4) is 11.5 Å². The maximum absolute atomic E-state index is 14.6. The summed E-state index contributed by atoms with van der Waals surface area (Å²) in [5.41, 5.74) is 3.26. The van der Waals surface area contributed by atoms with Gasteiger partial charge in [0.25, 0.3) is 5.91 Å². The molecule has 9 N–H and O–H groups in total. The summed E-state index contributed by atoms with van der Waals surface area (Å²) in [6, 6.07) is 2.81. The monoisotopic (exact) mass is 1390 g/mol. The van der Waals surface area contributed by atoms with E-state index in [9.17, 15) is 48.3 Å². The highest BCUT2D eigenvalue weighted by Gasteiger charge is 2.64. The average molecular weight is 1400 g/mol. The number of anilines is 2. The van der Waals surface area contributed by atoms with Crippen molar-refractivity contribution in [3.63, 3.8) is 0 Å². The van der Waals surface area contributed by atoms with Gasteiger partial charge in [-0.15, -0.1) is 0 Å². The second-order valence-corrected chi connectivity index (χ2v) is 24.8. The molecule has 3 aliphatic rings. The molecule has 2 saturated heterocycles. The van der Waals surface area contributed by atoms with Crippen LogP contribution >= 0.6 is 43.5 Å². The fourth-order valence-electron chi connectivity index (χ4n) is 10.6. The number of halogens is 3. The van der Waals surface area contributed by atoms with Gasteiger partial charge in [0.1, 0.15) is 65.1 Å². The van der Waals surface area contributed by atoms with E-state index in [1.165, 1.54) is 65.4 Å². The number of hydrogen-bond donors (Lipinski definition) is 8. The maximum atomic E-state index is 14.6. The molecule has 0 spiro atoms. The Morgan fingerprint density at radius 3 is 2.31 bits per heavy atom. The summed E-state index contributed by atoms with van der Waals surface area (Å²) in [6.07, 6.45) is 3.39. The Labute approximate surface area is 541 Å². The van der Waals surface area contributed by atoms with Crippen molar-refractivity contribution in [3.05, 3.63) is 70.3 Å². The van der Waals surface area contributed by atoms with E-state index in [4.69, 9.17) is 45.8 Å². The number of ether oxygens (including phenoxy) is 6. The number of alkyl halides is 2. The number of epoxide rings is 1. The van der Waals surface area contributed by atoms with Gasteiger partial charge in [-0.05, 0) is 95.2 Å². The highest BCUT2D eigenvalue weighted by Crippen LogP contribution is 2.49. The summed E-state index contributed by atoms with van der Waals surface area (Å²) in [4.78, 5) is 123. The van der Waals surface area contributed by atoms with Crippen LogP contribution in [-0.4, -0.2) is 189 Å². The van der Waals surface area contributed by atoms with Gasteiger partial charge >= 0.3 is 18.1 Å². The molecule has 28 heteroatoms. The fraction of sp³-hybridized carbons (Fsp3) is 0.590. The Kier molecular flexibility index (Phi) is 27.4. The number of primary amides is 1. The van der Waals surface area contributed by atoms with E-state index >= 15 is 0 Å². The molecule has 7 amide bonds. The first-order chi connectivity index (χ1) is 42.1. The molecule has 0 saturated carbocycles. The van der Waals surface area contributed by atoms with E-state index in [2.05, 4.69) is 63.8 Å². The molecule has 0 radical (unpaired) electrons. The van der Waals surface area contributed by atoms with Crippen molar-refractivity contribution < 1.29 is 76.7 Å². The van der Waals surface area contributed by atoms with Crippen LogP contribution in [0, 0.1) is 11.8 Å². The van der Waals surface area contributed by atoms with Crippen LogP contribution in [0.4, 0.5) is 21.0 Å². The van der Waals surface area contributed by atoms with Crippen LogP contribution in [-0.2, 0) is 54.1 Å². The minimum absolute atomic E-state index is 0.00624. The number of benzene rings is 2. The Bertz CT molecular complexity index is 2940. The molecule has 1 unspecified atom stereocenters. The zero-order valence-electron chi connectivity index (χ0n) is 52.2. The van der Waals surface area contributed by atoms with E-state index in [1.807, 2.05) is 13.0 Å². The quantitative estimate of drug-likeness (QED) is 0.0174. The number of nitrogens with two attached hydrogens (primary N) is 1. The number of alkyl carbamates (subject to hydrolysis) is 1. The van der Waals surface area contributed by atoms with Gasteiger partial charge in [-0.2, -0.15) is 0 Å². The van der Waals surface area contributed by atoms with Crippen molar-refractivity contribution in [1.29, 1.82) is 0 Å². The number of esters is 1. The van der Waals surface area contributed by atoms with Crippen molar-refractivity contribution >= 4 is 109 Å². The molecule has 2 fully saturated rings. The van der Waals surface area contributed by atoms with Gasteiger partial charge in [0, 0.05) is 62.5 Å². The zero-order valence-corrected chi connectivity index (χ0v) is 56.1. The van der Waals surface area contributed by atoms with Crippen LogP contribution in [0.15, 0.2) is 54.1 Å². The van der Waals surface area contributed by atoms with E-state index in [1.54, 1.807) is 52.0 Å². The molecule has 2 aromatic carbocycles. The highest BCUT2D eigenvalue weighted by molar-refractivity contribution is 9.10. The van der Waals surface area contributed by atoms with Crippen molar-refractivity contribution in [1.82, 2.24) is 31.5 Å². The number of nitrogens with zero attached hydrogens (tertiary/aromatic N) is 2. The third-order valence-corrected chi connectivity index (χ3v) is 18.8. The molecular formula is C61H86Br2ClN9O16. The number of hydrogen-bond acceptors (Lipinski definition) is 18. The minimum Gasteiger partial charge on any atom is -0.496 e. The molecule has 3 aliphatic heterocycles.